The summed E-state index contributed by atoms with van der Waals surface area (Å²) in [5.41, 5.74) is 0. The van der Waals surface area contributed by atoms with Gasteiger partial charge in [-0.2, -0.15) is 11.8 Å². The van der Waals surface area contributed by atoms with Crippen molar-refractivity contribution in [3.8, 4) is 0 Å². The van der Waals surface area contributed by atoms with Crippen LogP contribution < -0.4 is 5.32 Å². The summed E-state index contributed by atoms with van der Waals surface area (Å²) in [6.45, 7) is 2.52. The normalized spacial score (nSPS) is 40.8. The van der Waals surface area contributed by atoms with Gasteiger partial charge in [-0.1, -0.05) is 0 Å². The van der Waals surface area contributed by atoms with Gasteiger partial charge in [-0.05, 0) is 44.0 Å². The molecule has 0 radical (unpaired) electrons. The second-order valence-electron chi connectivity index (χ2n) is 3.38. The highest BCUT2D eigenvalue weighted by Gasteiger charge is 2.25. The van der Waals surface area contributed by atoms with Gasteiger partial charge in [0.15, 0.2) is 0 Å². The molecule has 10 heavy (non-hydrogen) atoms. The highest BCUT2D eigenvalue weighted by molar-refractivity contribution is 8.00. The molecular weight excluding hydrogens is 142 g/mol. The Morgan fingerprint density at radius 3 is 3.10 bits per heavy atom. The second-order valence-corrected chi connectivity index (χ2v) is 4.72. The van der Waals surface area contributed by atoms with E-state index in [2.05, 4.69) is 17.1 Å². The minimum absolute atomic E-state index is 0.998. The molecule has 2 aliphatic rings. The fraction of sp³-hybridized carbons (Fsp3) is 1.00. The lowest BCUT2D eigenvalue weighted by molar-refractivity contribution is 0.447. The van der Waals surface area contributed by atoms with Crippen molar-refractivity contribution >= 4 is 11.8 Å². The summed E-state index contributed by atoms with van der Waals surface area (Å²) in [5, 5.41) is 4.47. The molecule has 0 aliphatic carbocycles. The van der Waals surface area contributed by atoms with Crippen LogP contribution in [0.3, 0.4) is 0 Å². The van der Waals surface area contributed by atoms with Gasteiger partial charge >= 0.3 is 0 Å². The molecule has 0 aromatic rings. The molecule has 2 unspecified atom stereocenters. The van der Waals surface area contributed by atoms with Crippen molar-refractivity contribution < 1.29 is 0 Å². The van der Waals surface area contributed by atoms with Crippen molar-refractivity contribution in [2.24, 2.45) is 5.92 Å². The van der Waals surface area contributed by atoms with Gasteiger partial charge in [0.2, 0.25) is 0 Å². The van der Waals surface area contributed by atoms with E-state index in [-0.39, 0.29) is 0 Å². The van der Waals surface area contributed by atoms with Crippen LogP contribution >= 0.6 is 11.8 Å². The van der Waals surface area contributed by atoms with Crippen LogP contribution in [0, 0.1) is 5.92 Å². The zero-order valence-corrected chi connectivity index (χ0v) is 7.12. The molecule has 2 fully saturated rings. The average Bonchev–Trinajstić information content (AvgIpc) is 2.30. The Hall–Kier alpha value is 0.310. The minimum Gasteiger partial charge on any atom is -0.317 e. The maximum Gasteiger partial charge on any atom is 0.00621 e. The third-order valence-corrected chi connectivity index (χ3v) is 4.10. The standard InChI is InChI=1S/C8H15NS/c1-3-9-4-2-8-5-7(1)6-10-8/h7-9H,1-6H2. The first-order chi connectivity index (χ1) is 4.95. The van der Waals surface area contributed by atoms with E-state index in [0.29, 0.717) is 0 Å². The van der Waals surface area contributed by atoms with E-state index in [1.165, 1.54) is 38.1 Å². The molecular formula is C8H15NS. The summed E-state index contributed by atoms with van der Waals surface area (Å²) in [6, 6.07) is 0. The number of thioether (sulfide) groups is 1. The van der Waals surface area contributed by atoms with E-state index >= 15 is 0 Å². The van der Waals surface area contributed by atoms with Gasteiger partial charge in [-0.25, -0.2) is 0 Å². The van der Waals surface area contributed by atoms with Gasteiger partial charge in [0, 0.05) is 5.25 Å². The quantitative estimate of drug-likeness (QED) is 0.572. The number of hydrogen-bond donors (Lipinski definition) is 1. The van der Waals surface area contributed by atoms with Gasteiger partial charge in [-0.15, -0.1) is 0 Å². The molecule has 0 amide bonds. The summed E-state index contributed by atoms with van der Waals surface area (Å²) in [5.74, 6) is 2.48. The van der Waals surface area contributed by atoms with Crippen molar-refractivity contribution in [2.45, 2.75) is 24.5 Å². The molecule has 2 saturated heterocycles. The first kappa shape index (κ1) is 6.99. The van der Waals surface area contributed by atoms with E-state index in [1.54, 1.807) is 0 Å². The van der Waals surface area contributed by atoms with Crippen molar-refractivity contribution in [3.05, 3.63) is 0 Å². The Morgan fingerprint density at radius 1 is 1.20 bits per heavy atom. The maximum atomic E-state index is 3.47. The largest absolute Gasteiger partial charge is 0.317 e. The number of rotatable bonds is 0. The smallest absolute Gasteiger partial charge is 0.00621 e. The van der Waals surface area contributed by atoms with Crippen molar-refractivity contribution in [1.29, 1.82) is 0 Å². The van der Waals surface area contributed by atoms with E-state index < -0.39 is 0 Å². The SMILES string of the molecule is C1CC2CSC(CCN1)C2. The van der Waals surface area contributed by atoms with Crippen molar-refractivity contribution in [2.75, 3.05) is 18.8 Å². The molecule has 58 valence electrons. The Kier molecular flexibility index (Phi) is 2.19. The molecule has 0 aromatic heterocycles. The maximum absolute atomic E-state index is 3.47. The van der Waals surface area contributed by atoms with E-state index in [9.17, 15) is 0 Å². The third-order valence-electron chi connectivity index (χ3n) is 2.54. The molecule has 2 rings (SSSR count). The number of nitrogens with one attached hydrogen (secondary N) is 1. The first-order valence-electron chi connectivity index (χ1n) is 4.27. The zero-order chi connectivity index (χ0) is 6.81. The topological polar surface area (TPSA) is 12.0 Å². The molecule has 2 atom stereocenters. The predicted molar refractivity (Wildman–Crippen MR) is 46.5 cm³/mol. The van der Waals surface area contributed by atoms with Crippen LogP contribution in [0.2, 0.25) is 0 Å². The third kappa shape index (κ3) is 1.48. The van der Waals surface area contributed by atoms with Gasteiger partial charge in [0.1, 0.15) is 0 Å². The van der Waals surface area contributed by atoms with E-state index in [1.807, 2.05) is 0 Å². The van der Waals surface area contributed by atoms with Crippen molar-refractivity contribution in [1.82, 2.24) is 5.32 Å². The van der Waals surface area contributed by atoms with Gasteiger partial charge in [-0.3, -0.25) is 0 Å². The molecule has 2 heteroatoms. The van der Waals surface area contributed by atoms with Crippen LogP contribution in [0.15, 0.2) is 0 Å². The molecule has 0 saturated carbocycles. The Morgan fingerprint density at radius 2 is 2.10 bits per heavy atom. The lowest BCUT2D eigenvalue weighted by atomic mass is 9.99. The molecule has 2 bridgehead atoms. The second kappa shape index (κ2) is 3.14. The fourth-order valence-electron chi connectivity index (χ4n) is 1.88. The van der Waals surface area contributed by atoms with Crippen molar-refractivity contribution in [3.63, 3.8) is 0 Å². The molecule has 0 spiro atoms. The van der Waals surface area contributed by atoms with Crippen LogP contribution in [0.5, 0.6) is 0 Å². The lowest BCUT2D eigenvalue weighted by Crippen LogP contribution is -2.24. The summed E-state index contributed by atoms with van der Waals surface area (Å²) < 4.78 is 0. The van der Waals surface area contributed by atoms with E-state index in [4.69, 9.17) is 0 Å². The Labute approximate surface area is 67.0 Å². The molecule has 2 aliphatic heterocycles. The summed E-state index contributed by atoms with van der Waals surface area (Å²) in [6.07, 6.45) is 4.33. The summed E-state index contributed by atoms with van der Waals surface area (Å²) >= 11 is 2.20. The van der Waals surface area contributed by atoms with Gasteiger partial charge in [0.25, 0.3) is 0 Å². The first-order valence-corrected chi connectivity index (χ1v) is 5.32. The van der Waals surface area contributed by atoms with E-state index in [0.717, 1.165) is 11.2 Å². The molecule has 1 N–H and O–H groups in total. The summed E-state index contributed by atoms with van der Waals surface area (Å²) in [7, 11) is 0. The monoisotopic (exact) mass is 157 g/mol. The van der Waals surface area contributed by atoms with Crippen LogP contribution in [0.1, 0.15) is 19.3 Å². The molecule has 2 heterocycles. The van der Waals surface area contributed by atoms with Crippen LogP contribution in [0.4, 0.5) is 0 Å². The van der Waals surface area contributed by atoms with Crippen LogP contribution in [-0.4, -0.2) is 24.1 Å². The predicted octanol–water partition coefficient (Wildman–Crippen LogP) is 1.49. The molecule has 0 aromatic carbocycles. The molecule has 1 nitrogen and oxygen atoms in total. The Balaban J connectivity index is 1.91. The zero-order valence-electron chi connectivity index (χ0n) is 6.31. The number of hydrogen-bond acceptors (Lipinski definition) is 2. The lowest BCUT2D eigenvalue weighted by Gasteiger charge is -2.15. The summed E-state index contributed by atoms with van der Waals surface area (Å²) in [4.78, 5) is 0. The number of fused-ring (bicyclic) bond motifs is 2. The Bertz CT molecular complexity index is 104. The van der Waals surface area contributed by atoms with Crippen LogP contribution in [-0.2, 0) is 0 Å². The average molecular weight is 157 g/mol. The fourth-order valence-corrected chi connectivity index (χ4v) is 3.42. The van der Waals surface area contributed by atoms with Gasteiger partial charge in [0.05, 0.1) is 0 Å². The minimum atomic E-state index is 0.998. The van der Waals surface area contributed by atoms with Crippen LogP contribution in [0.25, 0.3) is 0 Å². The van der Waals surface area contributed by atoms with Gasteiger partial charge < -0.3 is 5.32 Å². The highest BCUT2D eigenvalue weighted by Crippen LogP contribution is 2.35. The highest BCUT2D eigenvalue weighted by atomic mass is 32.2.